The van der Waals surface area contributed by atoms with Gasteiger partial charge in [0.15, 0.2) is 5.78 Å². The van der Waals surface area contributed by atoms with Crippen molar-refractivity contribution in [1.29, 1.82) is 0 Å². The van der Waals surface area contributed by atoms with Crippen LogP contribution < -0.4 is 4.90 Å². The van der Waals surface area contributed by atoms with E-state index in [0.29, 0.717) is 0 Å². The second kappa shape index (κ2) is 3.35. The van der Waals surface area contributed by atoms with Gasteiger partial charge in [0, 0.05) is 16.7 Å². The molecule has 1 amide bonds. The van der Waals surface area contributed by atoms with Crippen LogP contribution in [0.25, 0.3) is 0 Å². The van der Waals surface area contributed by atoms with Crippen LogP contribution in [-0.4, -0.2) is 11.7 Å². The van der Waals surface area contributed by atoms with E-state index in [0.717, 1.165) is 36.2 Å². The van der Waals surface area contributed by atoms with Crippen LogP contribution in [0, 0.1) is 0 Å². The number of nitrogens with zero attached hydrogens (tertiary/aromatic N) is 1. The lowest BCUT2D eigenvalue weighted by Gasteiger charge is -2.37. The van der Waals surface area contributed by atoms with E-state index in [1.165, 1.54) is 5.56 Å². The highest BCUT2D eigenvalue weighted by atomic mass is 16.2. The first-order chi connectivity index (χ1) is 9.13. The molecule has 0 radical (unpaired) electrons. The molecule has 0 saturated carbocycles. The number of para-hydroxylation sites is 1. The fraction of sp³-hybridized carbons (Fsp3) is 0.375. The predicted molar refractivity (Wildman–Crippen MR) is 71.8 cm³/mol. The molecule has 1 aromatic rings. The lowest BCUT2D eigenvalue weighted by molar-refractivity contribution is -0.125. The highest BCUT2D eigenvalue weighted by molar-refractivity contribution is 6.19. The second-order valence-corrected chi connectivity index (χ2v) is 5.86. The molecule has 0 fully saturated rings. The van der Waals surface area contributed by atoms with Crippen molar-refractivity contribution >= 4 is 17.4 Å². The lowest BCUT2D eigenvalue weighted by atomic mass is 9.70. The van der Waals surface area contributed by atoms with Gasteiger partial charge in [0.05, 0.1) is 12.1 Å². The standard InChI is InChI=1S/C16H15NO2/c1-16-8-4-5-10-13(18)9-14(19)17(15(10)16)12-7-3-2-6-11(12)16/h2-3,6-7H,4-5,8-9H2,1H3. The van der Waals surface area contributed by atoms with Gasteiger partial charge in [0.1, 0.15) is 0 Å². The summed E-state index contributed by atoms with van der Waals surface area (Å²) in [7, 11) is 0. The Morgan fingerprint density at radius 1 is 1.21 bits per heavy atom. The molecule has 1 aromatic carbocycles. The maximum absolute atomic E-state index is 12.3. The Morgan fingerprint density at radius 2 is 2.00 bits per heavy atom. The largest absolute Gasteiger partial charge is 0.294 e. The van der Waals surface area contributed by atoms with E-state index < -0.39 is 0 Å². The monoisotopic (exact) mass is 253 g/mol. The normalized spacial score (nSPS) is 28.6. The summed E-state index contributed by atoms with van der Waals surface area (Å²) in [6.45, 7) is 2.17. The Balaban J connectivity index is 2.09. The van der Waals surface area contributed by atoms with Gasteiger partial charge in [-0.15, -0.1) is 0 Å². The molecule has 3 nitrogen and oxygen atoms in total. The molecule has 0 spiro atoms. The topological polar surface area (TPSA) is 37.4 Å². The molecule has 96 valence electrons. The predicted octanol–water partition coefficient (Wildman–Crippen LogP) is 2.70. The van der Waals surface area contributed by atoms with E-state index >= 15 is 0 Å². The zero-order chi connectivity index (χ0) is 13.2. The molecular formula is C16H15NO2. The number of rotatable bonds is 0. The number of carbonyl (C=O) groups is 2. The average molecular weight is 253 g/mol. The molecule has 19 heavy (non-hydrogen) atoms. The maximum atomic E-state index is 12.3. The van der Waals surface area contributed by atoms with E-state index in [1.807, 2.05) is 23.1 Å². The Hall–Kier alpha value is -1.90. The molecule has 4 rings (SSSR count). The fourth-order valence-corrected chi connectivity index (χ4v) is 3.94. The van der Waals surface area contributed by atoms with Crippen molar-refractivity contribution in [3.63, 3.8) is 0 Å². The number of carbonyl (C=O) groups excluding carboxylic acids is 2. The van der Waals surface area contributed by atoms with Crippen LogP contribution in [0.3, 0.4) is 0 Å². The quantitative estimate of drug-likeness (QED) is 0.667. The fourth-order valence-electron chi connectivity index (χ4n) is 3.94. The van der Waals surface area contributed by atoms with Crippen molar-refractivity contribution in [2.24, 2.45) is 0 Å². The number of hydrogen-bond donors (Lipinski definition) is 0. The van der Waals surface area contributed by atoms with Crippen LogP contribution in [0.5, 0.6) is 0 Å². The van der Waals surface area contributed by atoms with Crippen LogP contribution >= 0.6 is 0 Å². The van der Waals surface area contributed by atoms with Gasteiger partial charge < -0.3 is 0 Å². The molecule has 0 bridgehead atoms. The number of fused-ring (bicyclic) bond motifs is 3. The molecule has 3 aliphatic rings. The molecule has 1 aliphatic carbocycles. The first kappa shape index (κ1) is 11.0. The van der Waals surface area contributed by atoms with Gasteiger partial charge in [-0.2, -0.15) is 0 Å². The highest BCUT2D eigenvalue weighted by Crippen LogP contribution is 2.55. The summed E-state index contributed by atoms with van der Waals surface area (Å²) >= 11 is 0. The molecule has 2 heterocycles. The third-order valence-corrected chi connectivity index (χ3v) is 4.77. The minimum Gasteiger partial charge on any atom is -0.294 e. The molecule has 0 saturated heterocycles. The molecule has 1 atom stereocenters. The third-order valence-electron chi connectivity index (χ3n) is 4.77. The van der Waals surface area contributed by atoms with Crippen molar-refractivity contribution in [2.75, 3.05) is 4.90 Å². The van der Waals surface area contributed by atoms with Gasteiger partial charge in [-0.3, -0.25) is 14.5 Å². The number of amides is 1. The molecule has 0 N–H and O–H groups in total. The maximum Gasteiger partial charge on any atom is 0.239 e. The minimum absolute atomic E-state index is 0.0310. The van der Waals surface area contributed by atoms with E-state index in [1.54, 1.807) is 0 Å². The van der Waals surface area contributed by atoms with Crippen LogP contribution in [0.1, 0.15) is 38.2 Å². The Morgan fingerprint density at radius 3 is 2.84 bits per heavy atom. The summed E-state index contributed by atoms with van der Waals surface area (Å²) in [5.41, 5.74) is 3.89. The van der Waals surface area contributed by atoms with E-state index in [4.69, 9.17) is 0 Å². The minimum atomic E-state index is -0.157. The summed E-state index contributed by atoms with van der Waals surface area (Å²) in [6.07, 6.45) is 2.89. The number of Topliss-reactive ketones (excluding diaryl/α,β-unsaturated/α-hetero) is 1. The average Bonchev–Trinajstić information content (AvgIpc) is 2.67. The highest BCUT2D eigenvalue weighted by Gasteiger charge is 2.51. The van der Waals surface area contributed by atoms with Crippen LogP contribution in [0.2, 0.25) is 0 Å². The van der Waals surface area contributed by atoms with Gasteiger partial charge in [-0.1, -0.05) is 18.2 Å². The summed E-state index contributed by atoms with van der Waals surface area (Å²) in [6, 6.07) is 8.08. The van der Waals surface area contributed by atoms with Crippen molar-refractivity contribution in [3.05, 3.63) is 41.1 Å². The number of anilines is 1. The van der Waals surface area contributed by atoms with E-state index in [-0.39, 0.29) is 23.5 Å². The van der Waals surface area contributed by atoms with Crippen molar-refractivity contribution in [1.82, 2.24) is 0 Å². The summed E-state index contributed by atoms with van der Waals surface area (Å²) in [4.78, 5) is 26.2. The molecule has 2 aliphatic heterocycles. The van der Waals surface area contributed by atoms with Crippen molar-refractivity contribution < 1.29 is 9.59 Å². The van der Waals surface area contributed by atoms with Crippen LogP contribution in [0.4, 0.5) is 5.69 Å². The molecule has 0 aromatic heterocycles. The van der Waals surface area contributed by atoms with Crippen molar-refractivity contribution in [3.8, 4) is 0 Å². The van der Waals surface area contributed by atoms with Crippen molar-refractivity contribution in [2.45, 2.75) is 38.0 Å². The van der Waals surface area contributed by atoms with Gasteiger partial charge in [0.25, 0.3) is 0 Å². The summed E-state index contributed by atoms with van der Waals surface area (Å²) in [5, 5.41) is 0. The first-order valence-corrected chi connectivity index (χ1v) is 6.82. The Kier molecular flexibility index (Phi) is 1.93. The summed E-state index contributed by atoms with van der Waals surface area (Å²) < 4.78 is 0. The van der Waals surface area contributed by atoms with E-state index in [9.17, 15) is 9.59 Å². The zero-order valence-electron chi connectivity index (χ0n) is 10.9. The van der Waals surface area contributed by atoms with Crippen LogP contribution in [-0.2, 0) is 15.0 Å². The number of ketones is 1. The van der Waals surface area contributed by atoms with Gasteiger partial charge in [-0.25, -0.2) is 0 Å². The zero-order valence-corrected chi connectivity index (χ0v) is 10.9. The number of hydrogen-bond acceptors (Lipinski definition) is 2. The third kappa shape index (κ3) is 1.18. The Bertz CT molecular complexity index is 658. The van der Waals surface area contributed by atoms with Gasteiger partial charge in [0.2, 0.25) is 5.91 Å². The summed E-state index contributed by atoms with van der Waals surface area (Å²) in [5.74, 6) is -0.0307. The van der Waals surface area contributed by atoms with Gasteiger partial charge >= 0.3 is 0 Å². The number of benzene rings is 1. The van der Waals surface area contributed by atoms with E-state index in [2.05, 4.69) is 13.0 Å². The number of allylic oxidation sites excluding steroid dienone is 2. The smallest absolute Gasteiger partial charge is 0.239 e. The molecule has 3 heteroatoms. The van der Waals surface area contributed by atoms with Crippen LogP contribution in [0.15, 0.2) is 35.5 Å². The molecular weight excluding hydrogens is 238 g/mol. The Labute approximate surface area is 111 Å². The van der Waals surface area contributed by atoms with Gasteiger partial charge in [-0.05, 0) is 37.8 Å². The second-order valence-electron chi connectivity index (χ2n) is 5.86. The SMILES string of the molecule is CC12CCCC3=C1N(C(=O)CC3=O)c1ccccc12. The first-order valence-electron chi connectivity index (χ1n) is 6.82. The lowest BCUT2D eigenvalue weighted by Crippen LogP contribution is -2.42. The molecule has 1 unspecified atom stereocenters.